The van der Waals surface area contributed by atoms with Crippen molar-refractivity contribution in [3.63, 3.8) is 0 Å². The first-order valence-electron chi connectivity index (χ1n) is 24.2. The molecule has 0 aromatic heterocycles. The van der Waals surface area contributed by atoms with Crippen molar-refractivity contribution in [3.05, 3.63) is 22.3 Å². The van der Waals surface area contributed by atoms with E-state index in [9.17, 15) is 19.5 Å². The standard InChI is InChI=1S/C50H95O4P/c1-9-11-13-15-17-19-21-23-25-27-29-31-33-35-37-39-41-43-45(49(3,4)5)47(51)46(50(6,7)8)44(48(43)55(52,53)54)42-40-38-36-34-32-30-28-26-24-22-20-18-16-14-12-10-2/h51H,9-42H2,1-8H3,(H2,52,53,54). The second kappa shape index (κ2) is 30.2. The second-order valence-electron chi connectivity index (χ2n) is 19.6. The Morgan fingerprint density at radius 2 is 0.582 bits per heavy atom. The van der Waals surface area contributed by atoms with Crippen molar-refractivity contribution in [2.45, 2.75) is 285 Å². The summed E-state index contributed by atoms with van der Waals surface area (Å²) in [6.07, 6.45) is 42.8. The maximum Gasteiger partial charge on any atom is 0.356 e. The van der Waals surface area contributed by atoms with E-state index in [2.05, 4.69) is 55.4 Å². The summed E-state index contributed by atoms with van der Waals surface area (Å²) in [5.74, 6) is 0.273. The molecule has 0 aliphatic heterocycles. The zero-order valence-corrected chi connectivity index (χ0v) is 39.1. The van der Waals surface area contributed by atoms with Gasteiger partial charge in [-0.15, -0.1) is 0 Å². The van der Waals surface area contributed by atoms with Gasteiger partial charge in [-0.3, -0.25) is 4.57 Å². The van der Waals surface area contributed by atoms with Gasteiger partial charge in [0.15, 0.2) is 0 Å². The van der Waals surface area contributed by atoms with E-state index in [0.29, 0.717) is 12.8 Å². The van der Waals surface area contributed by atoms with Gasteiger partial charge in [0.05, 0.1) is 5.30 Å². The van der Waals surface area contributed by atoms with Crippen LogP contribution in [0.4, 0.5) is 0 Å². The molecule has 1 aromatic carbocycles. The fraction of sp³-hybridized carbons (Fsp3) is 0.880. The van der Waals surface area contributed by atoms with Crippen LogP contribution < -0.4 is 5.30 Å². The molecule has 0 bridgehead atoms. The van der Waals surface area contributed by atoms with Gasteiger partial charge in [-0.05, 0) is 47.6 Å². The Bertz CT molecular complexity index is 1060. The zero-order valence-electron chi connectivity index (χ0n) is 38.2. The predicted molar refractivity (Wildman–Crippen MR) is 244 cm³/mol. The molecule has 1 rings (SSSR count). The lowest BCUT2D eigenvalue weighted by Crippen LogP contribution is -2.30. The molecule has 4 nitrogen and oxygen atoms in total. The van der Waals surface area contributed by atoms with Crippen LogP contribution in [0.15, 0.2) is 0 Å². The van der Waals surface area contributed by atoms with Gasteiger partial charge in [-0.2, -0.15) is 0 Å². The molecule has 3 N–H and O–H groups in total. The average molecular weight is 791 g/mol. The second-order valence-corrected chi connectivity index (χ2v) is 21.1. The first-order valence-corrected chi connectivity index (χ1v) is 25.8. The fourth-order valence-corrected chi connectivity index (χ4v) is 10.1. The number of benzene rings is 1. The molecule has 0 amide bonds. The average Bonchev–Trinajstić information content (AvgIpc) is 3.09. The first kappa shape index (κ1) is 52.2. The van der Waals surface area contributed by atoms with Gasteiger partial charge in [0.2, 0.25) is 0 Å². The number of phenols is 1. The Labute approximate surface area is 343 Å². The van der Waals surface area contributed by atoms with Crippen LogP contribution in [-0.2, 0) is 28.2 Å². The SMILES string of the molecule is CCCCCCCCCCCCCCCCCCc1c(C(C)(C)C)c(O)c(C(C)(C)C)c(CCCCCCCCCCCCCCCCCC)c1P(=O)(O)O. The molecule has 0 aliphatic rings. The third-order valence-electron chi connectivity index (χ3n) is 12.0. The molecule has 0 heterocycles. The van der Waals surface area contributed by atoms with Crippen LogP contribution in [0.1, 0.15) is 283 Å². The smallest absolute Gasteiger partial charge is 0.356 e. The molecule has 0 saturated carbocycles. The van der Waals surface area contributed by atoms with Crippen LogP contribution in [0.2, 0.25) is 0 Å². The van der Waals surface area contributed by atoms with Crippen LogP contribution >= 0.6 is 7.60 Å². The van der Waals surface area contributed by atoms with Gasteiger partial charge in [-0.25, -0.2) is 0 Å². The van der Waals surface area contributed by atoms with Crippen LogP contribution in [0.25, 0.3) is 0 Å². The first-order chi connectivity index (χ1) is 26.2. The number of unbranched alkanes of at least 4 members (excludes halogenated alkanes) is 30. The van der Waals surface area contributed by atoms with Crippen molar-refractivity contribution >= 4 is 12.9 Å². The molecule has 1 aromatic rings. The van der Waals surface area contributed by atoms with Crippen LogP contribution in [-0.4, -0.2) is 14.9 Å². The lowest BCUT2D eigenvalue weighted by atomic mass is 9.73. The number of hydrogen-bond acceptors (Lipinski definition) is 2. The Morgan fingerprint density at radius 3 is 0.764 bits per heavy atom. The largest absolute Gasteiger partial charge is 0.507 e. The monoisotopic (exact) mass is 791 g/mol. The third kappa shape index (κ3) is 23.4. The van der Waals surface area contributed by atoms with E-state index < -0.39 is 18.4 Å². The van der Waals surface area contributed by atoms with Crippen molar-refractivity contribution in [1.82, 2.24) is 0 Å². The van der Waals surface area contributed by atoms with Crippen molar-refractivity contribution in [3.8, 4) is 5.75 Å². The number of phenolic OH excluding ortho intramolecular Hbond substituents is 1. The third-order valence-corrected chi connectivity index (χ3v) is 13.1. The van der Waals surface area contributed by atoms with Gasteiger partial charge in [0.25, 0.3) is 0 Å². The highest BCUT2D eigenvalue weighted by atomic mass is 31.2. The molecule has 0 spiro atoms. The van der Waals surface area contributed by atoms with Crippen molar-refractivity contribution < 1.29 is 19.5 Å². The minimum Gasteiger partial charge on any atom is -0.507 e. The van der Waals surface area contributed by atoms with E-state index in [0.717, 1.165) is 60.8 Å². The van der Waals surface area contributed by atoms with Crippen LogP contribution in [0.5, 0.6) is 5.75 Å². The maximum atomic E-state index is 13.5. The summed E-state index contributed by atoms with van der Waals surface area (Å²) >= 11 is 0. The topological polar surface area (TPSA) is 77.8 Å². The summed E-state index contributed by atoms with van der Waals surface area (Å²) in [5.41, 5.74) is 2.06. The van der Waals surface area contributed by atoms with Gasteiger partial charge in [0, 0.05) is 11.1 Å². The summed E-state index contributed by atoms with van der Waals surface area (Å²) in [5, 5.41) is 12.3. The zero-order chi connectivity index (χ0) is 41.0. The molecule has 0 atom stereocenters. The summed E-state index contributed by atoms with van der Waals surface area (Å²) in [7, 11) is -4.60. The molecule has 0 fully saturated rings. The molecule has 0 aliphatic carbocycles. The lowest BCUT2D eigenvalue weighted by molar-refractivity contribution is 0.385. The van der Waals surface area contributed by atoms with Gasteiger partial charge >= 0.3 is 7.60 Å². The Balaban J connectivity index is 2.72. The van der Waals surface area contributed by atoms with Crippen molar-refractivity contribution in [2.75, 3.05) is 0 Å². The Kier molecular flexibility index (Phi) is 28.7. The molecule has 5 heteroatoms. The van der Waals surface area contributed by atoms with Gasteiger partial charge in [0.1, 0.15) is 5.75 Å². The minimum atomic E-state index is -4.60. The molecular formula is C50H95O4P. The highest BCUT2D eigenvalue weighted by Gasteiger charge is 2.38. The van der Waals surface area contributed by atoms with Crippen molar-refractivity contribution in [1.29, 1.82) is 0 Å². The minimum absolute atomic E-state index is 0.238. The van der Waals surface area contributed by atoms with E-state index in [1.165, 1.54) is 167 Å². The highest BCUT2D eigenvalue weighted by molar-refractivity contribution is 7.60. The summed E-state index contributed by atoms with van der Waals surface area (Å²) in [6.45, 7) is 17.0. The summed E-state index contributed by atoms with van der Waals surface area (Å²) in [6, 6.07) is 0. The lowest BCUT2D eigenvalue weighted by Gasteiger charge is -2.34. The molecule has 0 unspecified atom stereocenters. The molecule has 324 valence electrons. The molecule has 55 heavy (non-hydrogen) atoms. The maximum absolute atomic E-state index is 13.5. The van der Waals surface area contributed by atoms with E-state index >= 15 is 0 Å². The molecular weight excluding hydrogens is 696 g/mol. The number of hydrogen-bond donors (Lipinski definition) is 3. The van der Waals surface area contributed by atoms with Crippen molar-refractivity contribution in [2.24, 2.45) is 0 Å². The quantitative estimate of drug-likeness (QED) is 0.0473. The van der Waals surface area contributed by atoms with E-state index in [1.54, 1.807) is 0 Å². The van der Waals surface area contributed by atoms with E-state index in [4.69, 9.17) is 0 Å². The van der Waals surface area contributed by atoms with E-state index in [1.807, 2.05) is 0 Å². The summed E-state index contributed by atoms with van der Waals surface area (Å²) < 4.78 is 13.5. The summed E-state index contributed by atoms with van der Waals surface area (Å²) in [4.78, 5) is 22.0. The number of rotatable bonds is 35. The van der Waals surface area contributed by atoms with Crippen LogP contribution in [0, 0.1) is 0 Å². The highest BCUT2D eigenvalue weighted by Crippen LogP contribution is 2.49. The normalized spacial score (nSPS) is 12.6. The number of aromatic hydroxyl groups is 1. The predicted octanol–water partition coefficient (Wildman–Crippen LogP) is 16.4. The fourth-order valence-electron chi connectivity index (χ4n) is 8.98. The Morgan fingerprint density at radius 1 is 0.382 bits per heavy atom. The van der Waals surface area contributed by atoms with Crippen LogP contribution in [0.3, 0.4) is 0 Å². The molecule has 0 saturated heterocycles. The van der Waals surface area contributed by atoms with E-state index in [-0.39, 0.29) is 11.1 Å². The molecule has 0 radical (unpaired) electrons. The Hall–Kier alpha value is -0.830. The van der Waals surface area contributed by atoms with Gasteiger partial charge < -0.3 is 14.9 Å². The van der Waals surface area contributed by atoms with Gasteiger partial charge in [-0.1, -0.05) is 248 Å².